The number of amides is 1. The van der Waals surface area contributed by atoms with Crippen LogP contribution in [0.2, 0.25) is 0 Å². The van der Waals surface area contributed by atoms with Gasteiger partial charge in [-0.3, -0.25) is 19.6 Å². The molecule has 1 amide bonds. The van der Waals surface area contributed by atoms with Crippen LogP contribution >= 0.6 is 0 Å². The molecule has 7 heteroatoms. The van der Waals surface area contributed by atoms with Gasteiger partial charge in [0.05, 0.1) is 18.8 Å². The van der Waals surface area contributed by atoms with Crippen molar-refractivity contribution in [1.82, 2.24) is 20.1 Å². The van der Waals surface area contributed by atoms with E-state index in [1.54, 1.807) is 19.2 Å². The number of halogens is 1. The maximum Gasteiger partial charge on any atom is 0.220 e. The van der Waals surface area contributed by atoms with E-state index in [-0.39, 0.29) is 17.8 Å². The van der Waals surface area contributed by atoms with Crippen molar-refractivity contribution in [1.29, 1.82) is 0 Å². The Morgan fingerprint density at radius 1 is 1.32 bits per heavy atom. The molecule has 0 radical (unpaired) electrons. The Balaban J connectivity index is 2.08. The van der Waals surface area contributed by atoms with E-state index in [1.807, 2.05) is 13.8 Å². The van der Waals surface area contributed by atoms with Gasteiger partial charge in [0.2, 0.25) is 5.91 Å². The summed E-state index contributed by atoms with van der Waals surface area (Å²) >= 11 is 0. The molecule has 1 aromatic rings. The minimum absolute atomic E-state index is 0.104. The van der Waals surface area contributed by atoms with Crippen molar-refractivity contribution >= 4 is 5.91 Å². The van der Waals surface area contributed by atoms with Crippen LogP contribution in [0.1, 0.15) is 52.8 Å². The zero-order valence-corrected chi connectivity index (χ0v) is 17.9. The van der Waals surface area contributed by atoms with Crippen molar-refractivity contribution in [3.05, 3.63) is 29.8 Å². The van der Waals surface area contributed by atoms with Gasteiger partial charge in [-0.25, -0.2) is 4.39 Å². The molecular formula is C21H35FN4O2. The molecule has 0 aliphatic carbocycles. The van der Waals surface area contributed by atoms with E-state index in [0.29, 0.717) is 12.1 Å². The lowest BCUT2D eigenvalue weighted by atomic mass is 9.88. The number of hydrogen-bond acceptors (Lipinski definition) is 5. The number of carbonyl (C=O) groups excluding carboxylic acids is 1. The van der Waals surface area contributed by atoms with Gasteiger partial charge in [0.15, 0.2) is 0 Å². The Labute approximate surface area is 168 Å². The largest absolute Gasteiger partial charge is 0.377 e. The Kier molecular flexibility index (Phi) is 8.34. The topological polar surface area (TPSA) is 57.7 Å². The maximum absolute atomic E-state index is 14.5. The first-order valence-electron chi connectivity index (χ1n) is 10.2. The van der Waals surface area contributed by atoms with Gasteiger partial charge in [-0.1, -0.05) is 6.92 Å². The van der Waals surface area contributed by atoms with Crippen LogP contribution in [0.4, 0.5) is 4.39 Å². The van der Waals surface area contributed by atoms with Gasteiger partial charge in [-0.05, 0) is 39.8 Å². The molecule has 6 nitrogen and oxygen atoms in total. The maximum atomic E-state index is 14.5. The van der Waals surface area contributed by atoms with Crippen molar-refractivity contribution < 1.29 is 13.9 Å². The van der Waals surface area contributed by atoms with Crippen LogP contribution in [0.3, 0.4) is 0 Å². The molecule has 1 aliphatic heterocycles. The highest BCUT2D eigenvalue weighted by atomic mass is 19.1. The number of nitrogens with zero attached hydrogens (tertiary/aromatic N) is 3. The molecule has 1 saturated heterocycles. The summed E-state index contributed by atoms with van der Waals surface area (Å²) in [4.78, 5) is 21.1. The standard InChI is InChI=1S/C21H35FN4O2/c1-6-18(27)24-20(19-17(22)8-7-9-23-19)21(4,5)26-12-10-25(11-13-26)14-15-28-16(2)3/h7-9,16,20H,6,10-15H2,1-5H3,(H,24,27). The summed E-state index contributed by atoms with van der Waals surface area (Å²) in [5.74, 6) is -0.492. The Morgan fingerprint density at radius 2 is 2.00 bits per heavy atom. The Morgan fingerprint density at radius 3 is 2.57 bits per heavy atom. The van der Waals surface area contributed by atoms with Crippen molar-refractivity contribution in [2.24, 2.45) is 0 Å². The average Bonchev–Trinajstić information content (AvgIpc) is 2.66. The summed E-state index contributed by atoms with van der Waals surface area (Å²) in [6.45, 7) is 15.2. The summed E-state index contributed by atoms with van der Waals surface area (Å²) in [6.07, 6.45) is 2.17. The number of carbonyl (C=O) groups is 1. The van der Waals surface area contributed by atoms with Crippen molar-refractivity contribution in [3.63, 3.8) is 0 Å². The molecule has 1 N–H and O–H groups in total. The molecule has 0 spiro atoms. The number of hydrogen-bond donors (Lipinski definition) is 1. The van der Waals surface area contributed by atoms with Gasteiger partial charge >= 0.3 is 0 Å². The second-order valence-corrected chi connectivity index (χ2v) is 8.13. The van der Waals surface area contributed by atoms with Crippen LogP contribution in [0, 0.1) is 5.82 Å². The van der Waals surface area contributed by atoms with Crippen LogP contribution in [-0.2, 0) is 9.53 Å². The third-order valence-corrected chi connectivity index (χ3v) is 5.44. The number of ether oxygens (including phenoxy) is 1. The van der Waals surface area contributed by atoms with E-state index < -0.39 is 11.6 Å². The molecule has 28 heavy (non-hydrogen) atoms. The van der Waals surface area contributed by atoms with Gasteiger partial charge in [0, 0.05) is 50.9 Å². The normalized spacial score (nSPS) is 17.7. The zero-order valence-electron chi connectivity index (χ0n) is 17.9. The summed E-state index contributed by atoms with van der Waals surface area (Å²) in [5.41, 5.74) is -0.178. The van der Waals surface area contributed by atoms with E-state index in [1.165, 1.54) is 6.07 Å². The average molecular weight is 395 g/mol. The minimum atomic E-state index is -0.517. The molecule has 2 rings (SSSR count). The van der Waals surface area contributed by atoms with Crippen LogP contribution in [0.25, 0.3) is 0 Å². The van der Waals surface area contributed by atoms with E-state index in [9.17, 15) is 9.18 Å². The second kappa shape index (κ2) is 10.3. The van der Waals surface area contributed by atoms with Crippen LogP contribution < -0.4 is 5.32 Å². The first kappa shape index (κ1) is 22.7. The van der Waals surface area contributed by atoms with Gasteiger partial charge in [0.25, 0.3) is 0 Å². The lowest BCUT2D eigenvalue weighted by Gasteiger charge is -2.47. The number of pyridine rings is 1. The summed E-state index contributed by atoms with van der Waals surface area (Å²) in [6, 6.07) is 2.45. The Bertz CT molecular complexity index is 631. The van der Waals surface area contributed by atoms with Gasteiger partial charge in [-0.15, -0.1) is 0 Å². The highest BCUT2D eigenvalue weighted by Crippen LogP contribution is 2.32. The minimum Gasteiger partial charge on any atom is -0.377 e. The number of nitrogens with one attached hydrogen (secondary N) is 1. The summed E-state index contributed by atoms with van der Waals surface area (Å²) in [7, 11) is 0. The summed E-state index contributed by atoms with van der Waals surface area (Å²) < 4.78 is 20.2. The molecule has 0 aromatic carbocycles. The number of aromatic nitrogens is 1. The third kappa shape index (κ3) is 5.96. The second-order valence-electron chi connectivity index (χ2n) is 8.13. The molecule has 1 unspecified atom stereocenters. The zero-order chi connectivity index (χ0) is 20.7. The molecule has 1 atom stereocenters. The summed E-state index contributed by atoms with van der Waals surface area (Å²) in [5, 5.41) is 3.00. The first-order chi connectivity index (χ1) is 13.3. The SMILES string of the molecule is CCC(=O)NC(c1ncccc1F)C(C)(C)N1CCN(CCOC(C)C)CC1. The van der Waals surface area contributed by atoms with Crippen molar-refractivity contribution in [2.45, 2.75) is 58.7 Å². The predicted octanol–water partition coefficient (Wildman–Crippen LogP) is 2.61. The fraction of sp³-hybridized carbons (Fsp3) is 0.714. The van der Waals surface area contributed by atoms with Gasteiger partial charge in [-0.2, -0.15) is 0 Å². The monoisotopic (exact) mass is 394 g/mol. The highest BCUT2D eigenvalue weighted by molar-refractivity contribution is 5.76. The van der Waals surface area contributed by atoms with Crippen LogP contribution in [-0.4, -0.2) is 71.7 Å². The number of rotatable bonds is 9. The molecule has 2 heterocycles. The van der Waals surface area contributed by atoms with Crippen LogP contribution in [0.5, 0.6) is 0 Å². The van der Waals surface area contributed by atoms with E-state index in [2.05, 4.69) is 33.9 Å². The first-order valence-corrected chi connectivity index (χ1v) is 10.2. The highest BCUT2D eigenvalue weighted by Gasteiger charge is 2.40. The third-order valence-electron chi connectivity index (χ3n) is 5.44. The Hall–Kier alpha value is -1.57. The van der Waals surface area contributed by atoms with E-state index >= 15 is 0 Å². The van der Waals surface area contributed by atoms with Gasteiger partial charge < -0.3 is 10.1 Å². The van der Waals surface area contributed by atoms with E-state index in [4.69, 9.17) is 4.74 Å². The number of piperazine rings is 1. The molecule has 1 aromatic heterocycles. The predicted molar refractivity (Wildman–Crippen MR) is 109 cm³/mol. The van der Waals surface area contributed by atoms with Gasteiger partial charge in [0.1, 0.15) is 11.5 Å². The van der Waals surface area contributed by atoms with Crippen molar-refractivity contribution in [2.75, 3.05) is 39.3 Å². The van der Waals surface area contributed by atoms with Crippen molar-refractivity contribution in [3.8, 4) is 0 Å². The quantitative estimate of drug-likeness (QED) is 0.698. The fourth-order valence-electron chi connectivity index (χ4n) is 3.60. The van der Waals surface area contributed by atoms with Crippen LogP contribution in [0.15, 0.2) is 18.3 Å². The lowest BCUT2D eigenvalue weighted by Crippen LogP contribution is -2.60. The smallest absolute Gasteiger partial charge is 0.220 e. The molecule has 1 aliphatic rings. The molecular weight excluding hydrogens is 359 g/mol. The lowest BCUT2D eigenvalue weighted by molar-refractivity contribution is -0.123. The molecule has 0 saturated carbocycles. The molecule has 158 valence electrons. The fourth-order valence-corrected chi connectivity index (χ4v) is 3.60. The molecule has 1 fully saturated rings. The van der Waals surface area contributed by atoms with E-state index in [0.717, 1.165) is 39.3 Å². The molecule has 0 bridgehead atoms.